The van der Waals surface area contributed by atoms with Crippen molar-refractivity contribution >= 4 is 28.8 Å². The van der Waals surface area contributed by atoms with E-state index in [-0.39, 0.29) is 12.3 Å². The van der Waals surface area contributed by atoms with E-state index in [1.807, 2.05) is 54.6 Å². The quantitative estimate of drug-likeness (QED) is 0.379. The number of carbonyl (C=O) groups is 2. The maximum atomic E-state index is 13.5. The molecule has 0 radical (unpaired) electrons. The van der Waals surface area contributed by atoms with Crippen molar-refractivity contribution in [1.29, 1.82) is 0 Å². The highest BCUT2D eigenvalue weighted by molar-refractivity contribution is 6.35. The Balaban J connectivity index is 1.98. The molecule has 0 saturated heterocycles. The number of fused-ring (bicyclic) bond motifs is 1. The van der Waals surface area contributed by atoms with Crippen LogP contribution in [0.5, 0.6) is 0 Å². The fourth-order valence-corrected chi connectivity index (χ4v) is 3.98. The lowest BCUT2D eigenvalue weighted by Gasteiger charge is -2.17. The van der Waals surface area contributed by atoms with E-state index >= 15 is 0 Å². The number of carboxylic acid groups (broad SMARTS) is 1. The molecule has 0 fully saturated rings. The molecule has 29 heavy (non-hydrogen) atoms. The summed E-state index contributed by atoms with van der Waals surface area (Å²) in [5, 5.41) is 9.05. The van der Waals surface area contributed by atoms with E-state index < -0.39 is 5.97 Å². The molecule has 0 bridgehead atoms. The number of nitrogens with zero attached hydrogens (tertiary/aromatic N) is 1. The van der Waals surface area contributed by atoms with Gasteiger partial charge in [-0.2, -0.15) is 0 Å². The zero-order valence-corrected chi connectivity index (χ0v) is 17.1. The van der Waals surface area contributed by atoms with Crippen LogP contribution < -0.4 is 4.90 Å². The summed E-state index contributed by atoms with van der Waals surface area (Å²) in [6.45, 7) is 2.18. The van der Waals surface area contributed by atoms with Crippen molar-refractivity contribution in [3.8, 4) is 0 Å². The number of aliphatic carboxylic acids is 1. The first-order valence-electron chi connectivity index (χ1n) is 10.6. The summed E-state index contributed by atoms with van der Waals surface area (Å²) in [5.41, 5.74) is 4.59. The maximum Gasteiger partial charge on any atom is 0.303 e. The van der Waals surface area contributed by atoms with Crippen molar-refractivity contribution < 1.29 is 14.7 Å². The van der Waals surface area contributed by atoms with Gasteiger partial charge in [0.2, 0.25) is 0 Å². The molecule has 152 valence electrons. The van der Waals surface area contributed by atoms with Crippen LogP contribution in [-0.2, 0) is 9.59 Å². The van der Waals surface area contributed by atoms with Gasteiger partial charge in [-0.05, 0) is 43.9 Å². The van der Waals surface area contributed by atoms with Gasteiger partial charge in [-0.3, -0.25) is 14.5 Å². The molecule has 0 atom stereocenters. The zero-order valence-electron chi connectivity index (χ0n) is 17.1. The van der Waals surface area contributed by atoms with Crippen molar-refractivity contribution in [3.63, 3.8) is 0 Å². The highest BCUT2D eigenvalue weighted by atomic mass is 16.4. The zero-order chi connectivity index (χ0) is 20.6. The number of anilines is 2. The van der Waals surface area contributed by atoms with Crippen LogP contribution in [0.4, 0.5) is 11.4 Å². The van der Waals surface area contributed by atoms with Gasteiger partial charge in [-0.1, -0.05) is 68.2 Å². The minimum atomic E-state index is -0.788. The predicted octanol–water partition coefficient (Wildman–Crippen LogP) is 6.34. The largest absolute Gasteiger partial charge is 0.481 e. The van der Waals surface area contributed by atoms with Crippen molar-refractivity contribution in [2.75, 3.05) is 4.90 Å². The smallest absolute Gasteiger partial charge is 0.303 e. The summed E-state index contributed by atoms with van der Waals surface area (Å²) in [5.74, 6) is -0.789. The van der Waals surface area contributed by atoms with Gasteiger partial charge in [0.25, 0.3) is 5.91 Å². The van der Waals surface area contributed by atoms with Crippen molar-refractivity contribution in [2.24, 2.45) is 0 Å². The van der Waals surface area contributed by atoms with E-state index in [9.17, 15) is 9.59 Å². The second-order valence-corrected chi connectivity index (χ2v) is 7.53. The van der Waals surface area contributed by atoms with Crippen molar-refractivity contribution in [1.82, 2.24) is 0 Å². The number of amides is 1. The van der Waals surface area contributed by atoms with Crippen LogP contribution in [0.15, 0.2) is 60.2 Å². The molecule has 0 unspecified atom stereocenters. The minimum Gasteiger partial charge on any atom is -0.481 e. The number of benzene rings is 2. The molecule has 1 heterocycles. The number of unbranched alkanes of at least 4 members (excludes halogenated alkanes) is 3. The van der Waals surface area contributed by atoms with E-state index in [0.717, 1.165) is 53.8 Å². The Bertz CT molecular complexity index is 886. The van der Waals surface area contributed by atoms with Crippen LogP contribution in [0.25, 0.3) is 5.57 Å². The lowest BCUT2D eigenvalue weighted by molar-refractivity contribution is -0.137. The molecule has 1 amide bonds. The van der Waals surface area contributed by atoms with Gasteiger partial charge in [-0.15, -0.1) is 0 Å². The van der Waals surface area contributed by atoms with Crippen LogP contribution >= 0.6 is 0 Å². The molecular formula is C25H29NO3. The number of allylic oxidation sites excluding steroid dienone is 1. The van der Waals surface area contributed by atoms with Gasteiger partial charge in [-0.25, -0.2) is 0 Å². The van der Waals surface area contributed by atoms with Gasteiger partial charge in [0, 0.05) is 23.2 Å². The molecule has 2 aromatic carbocycles. The highest BCUT2D eigenvalue weighted by Crippen LogP contribution is 2.44. The fraction of sp³-hybridized carbons (Fsp3) is 0.360. The second kappa shape index (κ2) is 10.1. The van der Waals surface area contributed by atoms with Crippen molar-refractivity contribution in [3.05, 3.63) is 65.7 Å². The van der Waals surface area contributed by atoms with Crippen LogP contribution in [0.1, 0.15) is 63.9 Å². The number of para-hydroxylation sites is 2. The molecule has 4 heteroatoms. The van der Waals surface area contributed by atoms with E-state index in [2.05, 4.69) is 6.92 Å². The SMILES string of the molecule is CCCCCC/C(CCCC(=O)O)=C1\C(=O)N(c2ccccc2)c2ccccc21. The van der Waals surface area contributed by atoms with E-state index in [1.54, 1.807) is 4.90 Å². The molecule has 0 spiro atoms. The third kappa shape index (κ3) is 4.94. The van der Waals surface area contributed by atoms with Gasteiger partial charge < -0.3 is 5.11 Å². The molecular weight excluding hydrogens is 362 g/mol. The summed E-state index contributed by atoms with van der Waals surface area (Å²) in [4.78, 5) is 26.3. The lowest BCUT2D eigenvalue weighted by Crippen LogP contribution is -2.21. The summed E-state index contributed by atoms with van der Waals surface area (Å²) in [7, 11) is 0. The first-order valence-corrected chi connectivity index (χ1v) is 10.6. The summed E-state index contributed by atoms with van der Waals surface area (Å²) >= 11 is 0. The minimum absolute atomic E-state index is 0.00165. The third-order valence-electron chi connectivity index (χ3n) is 5.40. The normalized spacial score (nSPS) is 14.8. The van der Waals surface area contributed by atoms with E-state index in [0.29, 0.717) is 12.8 Å². The maximum absolute atomic E-state index is 13.5. The Hall–Kier alpha value is -2.88. The lowest BCUT2D eigenvalue weighted by atomic mass is 9.93. The molecule has 0 aromatic heterocycles. The molecule has 0 saturated carbocycles. The average molecular weight is 392 g/mol. The summed E-state index contributed by atoms with van der Waals surface area (Å²) in [6, 6.07) is 17.6. The van der Waals surface area contributed by atoms with E-state index in [1.165, 1.54) is 6.42 Å². The highest BCUT2D eigenvalue weighted by Gasteiger charge is 2.34. The van der Waals surface area contributed by atoms with Gasteiger partial charge >= 0.3 is 5.97 Å². The predicted molar refractivity (Wildman–Crippen MR) is 117 cm³/mol. The van der Waals surface area contributed by atoms with Crippen LogP contribution in [-0.4, -0.2) is 17.0 Å². The molecule has 1 N–H and O–H groups in total. The van der Waals surface area contributed by atoms with E-state index in [4.69, 9.17) is 5.11 Å². The monoisotopic (exact) mass is 391 g/mol. The Morgan fingerprint density at radius 2 is 1.55 bits per heavy atom. The Morgan fingerprint density at radius 1 is 0.862 bits per heavy atom. The Morgan fingerprint density at radius 3 is 2.28 bits per heavy atom. The summed E-state index contributed by atoms with van der Waals surface area (Å²) in [6.07, 6.45) is 6.68. The molecule has 1 aliphatic rings. The molecule has 1 aliphatic heterocycles. The van der Waals surface area contributed by atoms with Crippen LogP contribution in [0.2, 0.25) is 0 Å². The fourth-order valence-electron chi connectivity index (χ4n) is 3.98. The Labute approximate surface area is 172 Å². The number of carbonyl (C=O) groups excluding carboxylic acids is 1. The number of rotatable bonds is 10. The first kappa shape index (κ1) is 20.8. The van der Waals surface area contributed by atoms with Crippen LogP contribution in [0.3, 0.4) is 0 Å². The topological polar surface area (TPSA) is 57.6 Å². The third-order valence-corrected chi connectivity index (χ3v) is 5.40. The molecule has 3 rings (SSSR count). The first-order chi connectivity index (χ1) is 14.1. The number of hydrogen-bond donors (Lipinski definition) is 1. The van der Waals surface area contributed by atoms with Gasteiger partial charge in [0.1, 0.15) is 0 Å². The number of carboxylic acids is 1. The average Bonchev–Trinajstić information content (AvgIpc) is 3.02. The molecule has 0 aliphatic carbocycles. The van der Waals surface area contributed by atoms with Gasteiger partial charge in [0.15, 0.2) is 0 Å². The second-order valence-electron chi connectivity index (χ2n) is 7.53. The standard InChI is InChI=1S/C25H29NO3/c1-2-3-4-6-12-19(13-11-18-23(27)28)24-21-16-9-10-17-22(21)26(25(24)29)20-14-7-5-8-15-20/h5,7-10,14-17H,2-4,6,11-13,18H2,1H3,(H,27,28)/b24-19+. The molecule has 4 nitrogen and oxygen atoms in total. The van der Waals surface area contributed by atoms with Crippen molar-refractivity contribution in [2.45, 2.75) is 58.3 Å². The van der Waals surface area contributed by atoms with Crippen LogP contribution in [0, 0.1) is 0 Å². The molecule has 2 aromatic rings. The summed E-state index contributed by atoms with van der Waals surface area (Å²) < 4.78 is 0. The Kier molecular flexibility index (Phi) is 7.23. The number of hydrogen-bond acceptors (Lipinski definition) is 2. The van der Waals surface area contributed by atoms with Gasteiger partial charge in [0.05, 0.1) is 5.69 Å².